The van der Waals surface area contributed by atoms with E-state index in [1.807, 2.05) is 80.6 Å². The van der Waals surface area contributed by atoms with E-state index in [0.717, 1.165) is 34.8 Å². The van der Waals surface area contributed by atoms with Gasteiger partial charge in [-0.25, -0.2) is 0 Å². The summed E-state index contributed by atoms with van der Waals surface area (Å²) in [5.41, 5.74) is 4.19. The predicted octanol–water partition coefficient (Wildman–Crippen LogP) is 4.23. The van der Waals surface area contributed by atoms with Crippen LogP contribution < -0.4 is 5.32 Å². The zero-order chi connectivity index (χ0) is 19.5. The summed E-state index contributed by atoms with van der Waals surface area (Å²) in [6.45, 7) is 3.89. The van der Waals surface area contributed by atoms with Crippen molar-refractivity contribution >= 4 is 17.2 Å². The molecular formula is C22H21N5O. The molecule has 0 aliphatic carbocycles. The number of benzene rings is 2. The van der Waals surface area contributed by atoms with Crippen LogP contribution in [-0.2, 0) is 4.79 Å². The lowest BCUT2D eigenvalue weighted by molar-refractivity contribution is -0.117. The molecule has 0 aliphatic heterocycles. The Morgan fingerprint density at radius 1 is 1.04 bits per heavy atom. The Bertz CT molecular complexity index is 1120. The Balaban J connectivity index is 1.59. The molecule has 6 heteroatoms. The molecule has 1 atom stereocenters. The van der Waals surface area contributed by atoms with Gasteiger partial charge in [0, 0.05) is 11.3 Å². The van der Waals surface area contributed by atoms with Crippen LogP contribution in [0.5, 0.6) is 0 Å². The fraction of sp³-hybridized carbons (Fsp3) is 0.182. The molecule has 6 nitrogen and oxygen atoms in total. The van der Waals surface area contributed by atoms with E-state index in [0.29, 0.717) is 5.65 Å². The number of hydrogen-bond acceptors (Lipinski definition) is 4. The van der Waals surface area contributed by atoms with Gasteiger partial charge in [-0.3, -0.25) is 4.79 Å². The SMILES string of the molecule is CCC(C(=O)Nc1cccc(-c2ccc3nnc(C)n3n2)c1)c1ccccc1. The Kier molecular flexibility index (Phi) is 4.85. The van der Waals surface area contributed by atoms with Gasteiger partial charge < -0.3 is 5.32 Å². The van der Waals surface area contributed by atoms with Gasteiger partial charge >= 0.3 is 0 Å². The van der Waals surface area contributed by atoms with Gasteiger partial charge in [0.05, 0.1) is 11.6 Å². The summed E-state index contributed by atoms with van der Waals surface area (Å²) < 4.78 is 1.71. The van der Waals surface area contributed by atoms with E-state index in [1.54, 1.807) is 4.52 Å². The fourth-order valence-electron chi connectivity index (χ4n) is 3.29. The molecule has 0 bridgehead atoms. The van der Waals surface area contributed by atoms with E-state index in [9.17, 15) is 4.79 Å². The van der Waals surface area contributed by atoms with Crippen molar-refractivity contribution in [1.82, 2.24) is 19.8 Å². The summed E-state index contributed by atoms with van der Waals surface area (Å²) >= 11 is 0. The standard InChI is InChI=1S/C22H21N5O/c1-3-19(16-8-5-4-6-9-16)22(28)23-18-11-7-10-17(14-18)20-12-13-21-25-24-15(2)27(21)26-20/h4-14,19H,3H2,1-2H3,(H,23,28). The Morgan fingerprint density at radius 3 is 2.64 bits per heavy atom. The lowest BCUT2D eigenvalue weighted by Gasteiger charge is -2.16. The average molecular weight is 371 g/mol. The second kappa shape index (κ2) is 7.60. The first-order valence-electron chi connectivity index (χ1n) is 9.31. The molecule has 0 radical (unpaired) electrons. The predicted molar refractivity (Wildman–Crippen MR) is 109 cm³/mol. The summed E-state index contributed by atoms with van der Waals surface area (Å²) in [7, 11) is 0. The fourth-order valence-corrected chi connectivity index (χ4v) is 3.29. The first-order valence-corrected chi connectivity index (χ1v) is 9.31. The van der Waals surface area contributed by atoms with E-state index in [1.165, 1.54) is 0 Å². The summed E-state index contributed by atoms with van der Waals surface area (Å²) in [5, 5.41) is 15.7. The second-order valence-corrected chi connectivity index (χ2v) is 6.68. The lowest BCUT2D eigenvalue weighted by Crippen LogP contribution is -2.20. The molecule has 2 aromatic carbocycles. The van der Waals surface area contributed by atoms with Gasteiger partial charge in [-0.1, -0.05) is 49.4 Å². The molecule has 4 rings (SSSR count). The van der Waals surface area contributed by atoms with Gasteiger partial charge in [-0.15, -0.1) is 10.2 Å². The number of fused-ring (bicyclic) bond motifs is 1. The minimum Gasteiger partial charge on any atom is -0.326 e. The minimum atomic E-state index is -0.181. The number of rotatable bonds is 5. The highest BCUT2D eigenvalue weighted by Gasteiger charge is 2.18. The largest absolute Gasteiger partial charge is 0.326 e. The number of amides is 1. The van der Waals surface area contributed by atoms with Crippen molar-refractivity contribution in [2.24, 2.45) is 0 Å². The molecule has 0 spiro atoms. The number of nitrogens with zero attached hydrogens (tertiary/aromatic N) is 4. The molecule has 1 unspecified atom stereocenters. The molecule has 0 aliphatic rings. The summed E-state index contributed by atoms with van der Waals surface area (Å²) in [5.74, 6) is 0.540. The van der Waals surface area contributed by atoms with Crippen molar-refractivity contribution in [2.45, 2.75) is 26.2 Å². The van der Waals surface area contributed by atoms with Crippen LogP contribution >= 0.6 is 0 Å². The molecule has 0 saturated carbocycles. The smallest absolute Gasteiger partial charge is 0.231 e. The molecule has 4 aromatic rings. The average Bonchev–Trinajstić information content (AvgIpc) is 3.10. The van der Waals surface area contributed by atoms with Crippen LogP contribution in [0.15, 0.2) is 66.7 Å². The van der Waals surface area contributed by atoms with Crippen LogP contribution in [0, 0.1) is 6.92 Å². The number of anilines is 1. The molecular weight excluding hydrogens is 350 g/mol. The highest BCUT2D eigenvalue weighted by atomic mass is 16.1. The van der Waals surface area contributed by atoms with Gasteiger partial charge in [-0.05, 0) is 43.2 Å². The number of aryl methyl sites for hydroxylation is 1. The third kappa shape index (κ3) is 3.49. The topological polar surface area (TPSA) is 72.2 Å². The van der Waals surface area contributed by atoms with Gasteiger partial charge in [0.1, 0.15) is 0 Å². The zero-order valence-electron chi connectivity index (χ0n) is 15.8. The summed E-state index contributed by atoms with van der Waals surface area (Å²) in [6, 6.07) is 21.4. The van der Waals surface area contributed by atoms with E-state index in [2.05, 4.69) is 20.6 Å². The van der Waals surface area contributed by atoms with Gasteiger partial charge in [0.15, 0.2) is 11.5 Å². The third-order valence-electron chi connectivity index (χ3n) is 4.77. The zero-order valence-corrected chi connectivity index (χ0v) is 15.8. The number of carbonyl (C=O) groups is 1. The van der Waals surface area contributed by atoms with Gasteiger partial charge in [0.25, 0.3) is 0 Å². The maximum absolute atomic E-state index is 12.8. The monoisotopic (exact) mass is 371 g/mol. The number of nitrogens with one attached hydrogen (secondary N) is 1. The van der Waals surface area contributed by atoms with Gasteiger partial charge in [0.2, 0.25) is 5.91 Å². The van der Waals surface area contributed by atoms with Crippen molar-refractivity contribution in [3.05, 3.63) is 78.1 Å². The van der Waals surface area contributed by atoms with Crippen LogP contribution in [0.3, 0.4) is 0 Å². The highest BCUT2D eigenvalue weighted by Crippen LogP contribution is 2.24. The molecule has 2 heterocycles. The quantitative estimate of drug-likeness (QED) is 0.570. The van der Waals surface area contributed by atoms with Gasteiger partial charge in [-0.2, -0.15) is 9.61 Å². The number of carbonyl (C=O) groups excluding carboxylic acids is 1. The normalized spacial score (nSPS) is 12.1. The van der Waals surface area contributed by atoms with Crippen LogP contribution in [-0.4, -0.2) is 25.7 Å². The summed E-state index contributed by atoms with van der Waals surface area (Å²) in [4.78, 5) is 12.8. The molecule has 28 heavy (non-hydrogen) atoms. The van der Waals surface area contributed by atoms with Crippen molar-refractivity contribution in [2.75, 3.05) is 5.32 Å². The van der Waals surface area contributed by atoms with Crippen molar-refractivity contribution in [3.8, 4) is 11.3 Å². The van der Waals surface area contributed by atoms with Crippen LogP contribution in [0.25, 0.3) is 16.9 Å². The van der Waals surface area contributed by atoms with E-state index >= 15 is 0 Å². The molecule has 140 valence electrons. The Hall–Kier alpha value is -3.54. The second-order valence-electron chi connectivity index (χ2n) is 6.68. The van der Waals surface area contributed by atoms with Crippen LogP contribution in [0.4, 0.5) is 5.69 Å². The highest BCUT2D eigenvalue weighted by molar-refractivity contribution is 5.96. The maximum Gasteiger partial charge on any atom is 0.231 e. The Morgan fingerprint density at radius 2 is 1.86 bits per heavy atom. The molecule has 0 saturated heterocycles. The summed E-state index contributed by atoms with van der Waals surface area (Å²) in [6.07, 6.45) is 0.737. The van der Waals surface area contributed by atoms with E-state index < -0.39 is 0 Å². The van der Waals surface area contributed by atoms with E-state index in [-0.39, 0.29) is 11.8 Å². The molecule has 0 fully saturated rings. The lowest BCUT2D eigenvalue weighted by atomic mass is 9.95. The Labute approximate surface area is 163 Å². The first-order chi connectivity index (χ1) is 13.7. The minimum absolute atomic E-state index is 0.0103. The number of hydrogen-bond donors (Lipinski definition) is 1. The first kappa shape index (κ1) is 17.9. The number of aromatic nitrogens is 4. The molecule has 2 aromatic heterocycles. The van der Waals surface area contributed by atoms with Crippen LogP contribution in [0.2, 0.25) is 0 Å². The molecule has 1 amide bonds. The third-order valence-corrected chi connectivity index (χ3v) is 4.77. The van der Waals surface area contributed by atoms with E-state index in [4.69, 9.17) is 0 Å². The van der Waals surface area contributed by atoms with Crippen molar-refractivity contribution in [1.29, 1.82) is 0 Å². The van der Waals surface area contributed by atoms with Crippen molar-refractivity contribution in [3.63, 3.8) is 0 Å². The van der Waals surface area contributed by atoms with Crippen molar-refractivity contribution < 1.29 is 4.79 Å². The maximum atomic E-state index is 12.8. The molecule has 1 N–H and O–H groups in total. The van der Waals surface area contributed by atoms with Crippen LogP contribution in [0.1, 0.15) is 30.7 Å².